The van der Waals surface area contributed by atoms with Crippen LogP contribution in [0.4, 0.5) is 0 Å². The molecule has 0 aromatic heterocycles. The van der Waals surface area contributed by atoms with Crippen molar-refractivity contribution in [3.05, 3.63) is 35.9 Å². The molecule has 5 heterocycles. The van der Waals surface area contributed by atoms with Crippen molar-refractivity contribution < 1.29 is 43.7 Å². The predicted molar refractivity (Wildman–Crippen MR) is 145 cm³/mol. The summed E-state index contributed by atoms with van der Waals surface area (Å²) in [6.07, 6.45) is 5.60. The van der Waals surface area contributed by atoms with Crippen molar-refractivity contribution >= 4 is 0 Å². The minimum absolute atomic E-state index is 0.00512. The highest BCUT2D eigenvalue weighted by Crippen LogP contribution is 2.41. The molecule has 0 amide bonds. The largest absolute Gasteiger partial charge is 0.396 e. The van der Waals surface area contributed by atoms with Crippen molar-refractivity contribution in [3.63, 3.8) is 0 Å². The van der Waals surface area contributed by atoms with Crippen molar-refractivity contribution in [2.75, 3.05) is 13.2 Å². The van der Waals surface area contributed by atoms with Crippen LogP contribution in [0.15, 0.2) is 30.3 Å². The van der Waals surface area contributed by atoms with Gasteiger partial charge in [0.25, 0.3) is 0 Å². The number of aliphatic hydroxyl groups is 3. The second-order valence-corrected chi connectivity index (χ2v) is 12.2. The number of rotatable bonds is 7. The topological polar surface area (TPSA) is 116 Å². The van der Waals surface area contributed by atoms with Crippen LogP contribution in [0.1, 0.15) is 69.8 Å². The van der Waals surface area contributed by atoms with Gasteiger partial charge < -0.3 is 43.7 Å². The molecule has 0 unspecified atom stereocenters. The second kappa shape index (κ2) is 13.4. The van der Waals surface area contributed by atoms with E-state index in [4.69, 9.17) is 28.4 Å². The molecule has 40 heavy (non-hydrogen) atoms. The van der Waals surface area contributed by atoms with Gasteiger partial charge in [-0.05, 0) is 56.9 Å². The highest BCUT2D eigenvalue weighted by atomic mass is 16.6. The molecule has 3 N–H and O–H groups in total. The minimum Gasteiger partial charge on any atom is -0.396 e. The lowest BCUT2D eigenvalue weighted by Crippen LogP contribution is -2.52. The van der Waals surface area contributed by atoms with Crippen LogP contribution in [0.2, 0.25) is 0 Å². The van der Waals surface area contributed by atoms with Gasteiger partial charge >= 0.3 is 0 Å². The van der Waals surface area contributed by atoms with Crippen LogP contribution in [0.25, 0.3) is 0 Å². The lowest BCUT2D eigenvalue weighted by atomic mass is 9.92. The number of benzene rings is 1. The molecule has 5 aliphatic heterocycles. The zero-order valence-electron chi connectivity index (χ0n) is 23.3. The Morgan fingerprint density at radius 2 is 1.20 bits per heavy atom. The Labute approximate surface area is 237 Å². The van der Waals surface area contributed by atoms with E-state index in [9.17, 15) is 15.3 Å². The maximum Gasteiger partial charge on any atom is 0.107 e. The summed E-state index contributed by atoms with van der Waals surface area (Å²) in [5, 5.41) is 29.5. The summed E-state index contributed by atoms with van der Waals surface area (Å²) in [5.41, 5.74) is 1.13. The van der Waals surface area contributed by atoms with E-state index in [0.717, 1.165) is 50.5 Å². The van der Waals surface area contributed by atoms with E-state index in [2.05, 4.69) is 12.1 Å². The van der Waals surface area contributed by atoms with Gasteiger partial charge in [0.2, 0.25) is 0 Å². The average molecular weight is 563 g/mol. The van der Waals surface area contributed by atoms with Gasteiger partial charge in [-0.15, -0.1) is 0 Å². The van der Waals surface area contributed by atoms with Gasteiger partial charge in [-0.3, -0.25) is 0 Å². The molecule has 1 aromatic carbocycles. The highest BCUT2D eigenvalue weighted by Gasteiger charge is 2.49. The third-order valence-corrected chi connectivity index (χ3v) is 9.53. The number of fused-ring (bicyclic) bond motifs is 4. The standard InChI is InChI=1S/C31H46O9/c32-14-4-7-21-27(35-18-19-5-2-1-3-6-19)15-28-24(36-21)12-13-26-30(40-28)16-29-25(37-26)11-10-23-22(38-29)9-8-20(34)31(17-33)39-23/h1-3,5-6,20-34H,4,7-18H2/t20-,21-,22+,23-,24+,25+,26-,27+,28-,29-,30+,31+/m0/s1. The summed E-state index contributed by atoms with van der Waals surface area (Å²) >= 11 is 0. The Hall–Kier alpha value is -1.14. The van der Waals surface area contributed by atoms with Crippen molar-refractivity contribution in [2.45, 2.75) is 144 Å². The number of hydrogen-bond acceptors (Lipinski definition) is 9. The molecule has 6 rings (SSSR count). The van der Waals surface area contributed by atoms with Gasteiger partial charge in [0.1, 0.15) is 6.10 Å². The second-order valence-electron chi connectivity index (χ2n) is 12.2. The van der Waals surface area contributed by atoms with E-state index in [1.165, 1.54) is 0 Å². The maximum atomic E-state index is 10.4. The van der Waals surface area contributed by atoms with Crippen LogP contribution in [0.5, 0.6) is 0 Å². The zero-order chi connectivity index (χ0) is 27.5. The van der Waals surface area contributed by atoms with E-state index in [1.807, 2.05) is 18.2 Å². The van der Waals surface area contributed by atoms with Crippen molar-refractivity contribution in [1.82, 2.24) is 0 Å². The molecule has 0 bridgehead atoms. The normalized spacial score (nSPS) is 43.7. The molecule has 0 radical (unpaired) electrons. The van der Waals surface area contributed by atoms with Crippen LogP contribution in [0, 0.1) is 0 Å². The minimum atomic E-state index is -0.671. The molecule has 0 saturated carbocycles. The molecule has 5 fully saturated rings. The molecule has 1 aromatic rings. The fourth-order valence-corrected chi connectivity index (χ4v) is 7.35. The first-order valence-corrected chi connectivity index (χ1v) is 15.4. The molecule has 5 saturated heterocycles. The summed E-state index contributed by atoms with van der Waals surface area (Å²) in [5.74, 6) is 0. The van der Waals surface area contributed by atoms with E-state index in [1.54, 1.807) is 0 Å². The Kier molecular flexibility index (Phi) is 9.73. The predicted octanol–water partition coefficient (Wildman–Crippen LogP) is 2.66. The van der Waals surface area contributed by atoms with E-state index in [0.29, 0.717) is 25.9 Å². The fraction of sp³-hybridized carbons (Fsp3) is 0.806. The quantitative estimate of drug-likeness (QED) is 0.461. The Bertz CT molecular complexity index is 917. The Balaban J connectivity index is 1.11. The van der Waals surface area contributed by atoms with E-state index >= 15 is 0 Å². The van der Waals surface area contributed by atoms with Crippen molar-refractivity contribution in [2.24, 2.45) is 0 Å². The van der Waals surface area contributed by atoms with Crippen LogP contribution in [0.3, 0.4) is 0 Å². The Morgan fingerprint density at radius 3 is 1.90 bits per heavy atom. The molecular weight excluding hydrogens is 516 g/mol. The summed E-state index contributed by atoms with van der Waals surface area (Å²) < 4.78 is 39.3. The van der Waals surface area contributed by atoms with Crippen LogP contribution in [-0.2, 0) is 35.0 Å². The first-order chi connectivity index (χ1) is 19.6. The first kappa shape index (κ1) is 29.0. The summed E-state index contributed by atoms with van der Waals surface area (Å²) in [6.45, 7) is 0.474. The third-order valence-electron chi connectivity index (χ3n) is 9.53. The van der Waals surface area contributed by atoms with Crippen LogP contribution in [-0.4, -0.2) is 102 Å². The van der Waals surface area contributed by atoms with Crippen molar-refractivity contribution in [1.29, 1.82) is 0 Å². The van der Waals surface area contributed by atoms with Gasteiger partial charge in [0, 0.05) is 19.4 Å². The molecule has 0 aliphatic carbocycles. The van der Waals surface area contributed by atoms with Crippen LogP contribution >= 0.6 is 0 Å². The highest BCUT2D eigenvalue weighted by molar-refractivity contribution is 5.13. The fourth-order valence-electron chi connectivity index (χ4n) is 7.35. The summed E-state index contributed by atoms with van der Waals surface area (Å²) in [4.78, 5) is 0. The molecule has 9 nitrogen and oxygen atoms in total. The number of aliphatic hydroxyl groups excluding tert-OH is 3. The van der Waals surface area contributed by atoms with Gasteiger partial charge in [0.15, 0.2) is 0 Å². The van der Waals surface area contributed by atoms with Crippen molar-refractivity contribution in [3.8, 4) is 0 Å². The molecule has 5 aliphatic rings. The van der Waals surface area contributed by atoms with Gasteiger partial charge in [-0.25, -0.2) is 0 Å². The van der Waals surface area contributed by atoms with E-state index in [-0.39, 0.29) is 74.3 Å². The average Bonchev–Trinajstić information content (AvgIpc) is 3.33. The van der Waals surface area contributed by atoms with E-state index < -0.39 is 12.2 Å². The summed E-state index contributed by atoms with van der Waals surface area (Å²) in [7, 11) is 0. The summed E-state index contributed by atoms with van der Waals surface area (Å²) in [6, 6.07) is 10.2. The van der Waals surface area contributed by atoms with Gasteiger partial charge in [-0.2, -0.15) is 0 Å². The van der Waals surface area contributed by atoms with Gasteiger partial charge in [0.05, 0.1) is 80.4 Å². The monoisotopic (exact) mass is 562 g/mol. The third kappa shape index (κ3) is 6.58. The molecule has 12 atom stereocenters. The Morgan fingerprint density at radius 1 is 0.650 bits per heavy atom. The number of ether oxygens (including phenoxy) is 6. The lowest BCUT2D eigenvalue weighted by Gasteiger charge is -2.43. The first-order valence-electron chi connectivity index (χ1n) is 15.4. The zero-order valence-corrected chi connectivity index (χ0v) is 23.3. The lowest BCUT2D eigenvalue weighted by molar-refractivity contribution is -0.238. The van der Waals surface area contributed by atoms with Gasteiger partial charge in [-0.1, -0.05) is 30.3 Å². The number of hydrogen-bond donors (Lipinski definition) is 3. The smallest absolute Gasteiger partial charge is 0.107 e. The maximum absolute atomic E-state index is 10.4. The SMILES string of the molecule is OCCC[C@@H]1O[C@@H]2CC[C@@H]3O[C@@H]4CC[C@@H]5O[C@H](CO)[C@@H](O)CC[C@H]5O[C@H]4C[C@H]3O[C@H]2C[C@H]1OCc1ccccc1. The van der Waals surface area contributed by atoms with Crippen LogP contribution < -0.4 is 0 Å². The molecule has 224 valence electrons. The molecule has 0 spiro atoms. The molecule has 9 heteroatoms. The molecular formula is C31H46O9.